The summed E-state index contributed by atoms with van der Waals surface area (Å²) in [7, 11) is 0. The lowest BCUT2D eigenvalue weighted by Gasteiger charge is -2.22. The molecule has 1 saturated heterocycles. The van der Waals surface area contributed by atoms with Gasteiger partial charge in [0.15, 0.2) is 0 Å². The number of hydrogen-bond acceptors (Lipinski definition) is 4. The van der Waals surface area contributed by atoms with Gasteiger partial charge in [0, 0.05) is 18.4 Å². The maximum atomic E-state index is 12.2. The van der Waals surface area contributed by atoms with Crippen molar-refractivity contribution < 1.29 is 9.59 Å². The van der Waals surface area contributed by atoms with Gasteiger partial charge >= 0.3 is 0 Å². The summed E-state index contributed by atoms with van der Waals surface area (Å²) in [5.74, 6) is -0.259. The number of halogens is 1. The summed E-state index contributed by atoms with van der Waals surface area (Å²) in [6.07, 6.45) is 4.26. The fourth-order valence-electron chi connectivity index (χ4n) is 2.09. The van der Waals surface area contributed by atoms with Crippen LogP contribution in [0.2, 0.25) is 0 Å². The standard InChI is InChI=1S/C13H16BrN3O2/c1-3-8(2)17-12(18)6-11(13(17)19)16-10-4-5-15-7-9(10)14/h4-5,7-8,11H,3,6H2,1-2H3,(H,15,16). The molecule has 0 saturated carbocycles. The first-order valence-corrected chi connectivity index (χ1v) is 7.05. The number of hydrogen-bond donors (Lipinski definition) is 1. The van der Waals surface area contributed by atoms with Gasteiger partial charge in [0.25, 0.3) is 5.91 Å². The van der Waals surface area contributed by atoms with E-state index in [0.717, 1.165) is 16.6 Å². The monoisotopic (exact) mass is 325 g/mol. The number of likely N-dealkylation sites (tertiary alicyclic amines) is 1. The number of carbonyl (C=O) groups excluding carboxylic acids is 2. The number of pyridine rings is 1. The second-order valence-electron chi connectivity index (χ2n) is 4.62. The number of rotatable bonds is 4. The summed E-state index contributed by atoms with van der Waals surface area (Å²) in [6.45, 7) is 3.85. The van der Waals surface area contributed by atoms with Gasteiger partial charge in [-0.2, -0.15) is 0 Å². The van der Waals surface area contributed by atoms with E-state index in [-0.39, 0.29) is 24.3 Å². The zero-order valence-electron chi connectivity index (χ0n) is 10.9. The Morgan fingerprint density at radius 3 is 2.95 bits per heavy atom. The largest absolute Gasteiger partial charge is 0.372 e. The van der Waals surface area contributed by atoms with Gasteiger partial charge in [-0.15, -0.1) is 0 Å². The molecule has 0 aliphatic carbocycles. The molecular weight excluding hydrogens is 310 g/mol. The maximum absolute atomic E-state index is 12.2. The van der Waals surface area contributed by atoms with Gasteiger partial charge < -0.3 is 5.32 Å². The van der Waals surface area contributed by atoms with E-state index in [2.05, 4.69) is 26.2 Å². The highest BCUT2D eigenvalue weighted by atomic mass is 79.9. The van der Waals surface area contributed by atoms with Crippen LogP contribution in [-0.4, -0.2) is 33.8 Å². The Morgan fingerprint density at radius 1 is 1.58 bits per heavy atom. The number of anilines is 1. The third kappa shape index (κ3) is 2.78. The Kier molecular flexibility index (Phi) is 4.19. The number of imide groups is 1. The Morgan fingerprint density at radius 2 is 2.32 bits per heavy atom. The van der Waals surface area contributed by atoms with Crippen molar-refractivity contribution in [3.05, 3.63) is 22.9 Å². The summed E-state index contributed by atoms with van der Waals surface area (Å²) in [6, 6.07) is 1.24. The maximum Gasteiger partial charge on any atom is 0.252 e. The fraction of sp³-hybridized carbons (Fsp3) is 0.462. The first-order chi connectivity index (χ1) is 9.04. The molecule has 0 spiro atoms. The summed E-state index contributed by atoms with van der Waals surface area (Å²) >= 11 is 3.36. The minimum atomic E-state index is -0.486. The van der Waals surface area contributed by atoms with E-state index in [1.54, 1.807) is 18.5 Å². The van der Waals surface area contributed by atoms with Crippen LogP contribution in [0.15, 0.2) is 22.9 Å². The van der Waals surface area contributed by atoms with Gasteiger partial charge in [0.05, 0.1) is 16.6 Å². The van der Waals surface area contributed by atoms with E-state index in [1.165, 1.54) is 4.90 Å². The SMILES string of the molecule is CCC(C)N1C(=O)CC(Nc2ccncc2Br)C1=O. The third-order valence-corrected chi connectivity index (χ3v) is 3.95. The predicted octanol–water partition coefficient (Wildman–Crippen LogP) is 2.18. The van der Waals surface area contributed by atoms with Crippen LogP contribution in [0, 0.1) is 0 Å². The van der Waals surface area contributed by atoms with Crippen molar-refractivity contribution in [2.24, 2.45) is 0 Å². The van der Waals surface area contributed by atoms with Crippen molar-refractivity contribution in [2.45, 2.75) is 38.8 Å². The zero-order valence-corrected chi connectivity index (χ0v) is 12.5. The molecule has 0 bridgehead atoms. The van der Waals surface area contributed by atoms with Crippen molar-refractivity contribution in [3.63, 3.8) is 0 Å². The predicted molar refractivity (Wildman–Crippen MR) is 75.6 cm³/mol. The third-order valence-electron chi connectivity index (χ3n) is 3.32. The molecule has 1 fully saturated rings. The van der Waals surface area contributed by atoms with Crippen molar-refractivity contribution >= 4 is 33.4 Å². The summed E-state index contributed by atoms with van der Waals surface area (Å²) in [5.41, 5.74) is 0.771. The molecule has 2 atom stereocenters. The Labute approximate surface area is 120 Å². The van der Waals surface area contributed by atoms with Crippen LogP contribution in [-0.2, 0) is 9.59 Å². The molecule has 1 aromatic heterocycles. The minimum Gasteiger partial charge on any atom is -0.372 e. The average Bonchev–Trinajstić information content (AvgIpc) is 2.66. The molecule has 2 heterocycles. The highest BCUT2D eigenvalue weighted by molar-refractivity contribution is 9.10. The second-order valence-corrected chi connectivity index (χ2v) is 5.47. The molecule has 1 N–H and O–H groups in total. The molecule has 0 radical (unpaired) electrons. The van der Waals surface area contributed by atoms with Crippen LogP contribution in [0.5, 0.6) is 0 Å². The zero-order chi connectivity index (χ0) is 14.0. The molecule has 2 amide bonds. The van der Waals surface area contributed by atoms with E-state index < -0.39 is 6.04 Å². The number of amides is 2. The molecule has 19 heavy (non-hydrogen) atoms. The quantitative estimate of drug-likeness (QED) is 0.862. The summed E-state index contributed by atoms with van der Waals surface area (Å²) in [4.78, 5) is 29.5. The van der Waals surface area contributed by atoms with Crippen LogP contribution in [0.3, 0.4) is 0 Å². The molecular formula is C13H16BrN3O2. The fourth-order valence-corrected chi connectivity index (χ4v) is 2.45. The molecule has 1 aliphatic rings. The molecule has 5 nitrogen and oxygen atoms in total. The topological polar surface area (TPSA) is 62.3 Å². The van der Waals surface area contributed by atoms with E-state index >= 15 is 0 Å². The highest BCUT2D eigenvalue weighted by Crippen LogP contribution is 2.25. The van der Waals surface area contributed by atoms with Crippen LogP contribution in [0.1, 0.15) is 26.7 Å². The molecule has 6 heteroatoms. The highest BCUT2D eigenvalue weighted by Gasteiger charge is 2.40. The van der Waals surface area contributed by atoms with E-state index in [0.29, 0.717) is 0 Å². The lowest BCUT2D eigenvalue weighted by Crippen LogP contribution is -2.40. The molecule has 102 valence electrons. The Hall–Kier alpha value is -1.43. The Balaban J connectivity index is 2.14. The van der Waals surface area contributed by atoms with Crippen molar-refractivity contribution in [2.75, 3.05) is 5.32 Å². The Bertz CT molecular complexity index is 506. The van der Waals surface area contributed by atoms with Crippen molar-refractivity contribution in [1.29, 1.82) is 0 Å². The first kappa shape index (κ1) is 14.0. The molecule has 2 rings (SSSR count). The number of carbonyl (C=O) groups is 2. The first-order valence-electron chi connectivity index (χ1n) is 6.26. The van der Waals surface area contributed by atoms with E-state index in [1.807, 2.05) is 13.8 Å². The molecule has 1 aromatic rings. The molecule has 2 unspecified atom stereocenters. The normalized spacial score (nSPS) is 20.8. The number of nitrogens with zero attached hydrogens (tertiary/aromatic N) is 2. The second kappa shape index (κ2) is 5.69. The van der Waals surface area contributed by atoms with Crippen LogP contribution in [0.25, 0.3) is 0 Å². The lowest BCUT2D eigenvalue weighted by molar-refractivity contribution is -0.140. The number of aromatic nitrogens is 1. The average molecular weight is 326 g/mol. The molecule has 1 aliphatic heterocycles. The van der Waals surface area contributed by atoms with Gasteiger partial charge in [-0.25, -0.2) is 0 Å². The van der Waals surface area contributed by atoms with E-state index in [9.17, 15) is 9.59 Å². The summed E-state index contributed by atoms with van der Waals surface area (Å²) in [5, 5.41) is 3.10. The van der Waals surface area contributed by atoms with Crippen LogP contribution < -0.4 is 5.32 Å². The van der Waals surface area contributed by atoms with Gasteiger partial charge in [-0.3, -0.25) is 19.5 Å². The van der Waals surface area contributed by atoms with Gasteiger partial charge in [-0.05, 0) is 35.3 Å². The van der Waals surface area contributed by atoms with Gasteiger partial charge in [-0.1, -0.05) is 6.92 Å². The smallest absolute Gasteiger partial charge is 0.252 e. The number of nitrogens with one attached hydrogen (secondary N) is 1. The van der Waals surface area contributed by atoms with Crippen LogP contribution in [0.4, 0.5) is 5.69 Å². The molecule has 0 aromatic carbocycles. The minimum absolute atomic E-state index is 0.0484. The summed E-state index contributed by atoms with van der Waals surface area (Å²) < 4.78 is 0.775. The lowest BCUT2D eigenvalue weighted by atomic mass is 10.2. The van der Waals surface area contributed by atoms with Crippen molar-refractivity contribution in [3.8, 4) is 0 Å². The van der Waals surface area contributed by atoms with Crippen molar-refractivity contribution in [1.82, 2.24) is 9.88 Å². The van der Waals surface area contributed by atoms with Crippen LogP contribution >= 0.6 is 15.9 Å². The van der Waals surface area contributed by atoms with Gasteiger partial charge in [0.1, 0.15) is 6.04 Å². The van der Waals surface area contributed by atoms with Gasteiger partial charge in [0.2, 0.25) is 5.91 Å². The van der Waals surface area contributed by atoms with E-state index in [4.69, 9.17) is 0 Å².